The van der Waals surface area contributed by atoms with E-state index in [9.17, 15) is 34.1 Å². The fraction of sp³-hybridized carbons (Fsp3) is 0.265. The highest BCUT2D eigenvalue weighted by atomic mass is 32.2. The second-order valence-corrected chi connectivity index (χ2v) is 18.5. The van der Waals surface area contributed by atoms with Crippen LogP contribution >= 0.6 is 23.1 Å². The summed E-state index contributed by atoms with van der Waals surface area (Å²) in [5, 5.41) is 21.9. The van der Waals surface area contributed by atoms with E-state index in [1.54, 1.807) is 63.2 Å². The first-order chi connectivity index (χ1) is 32.6. The average Bonchev–Trinajstić information content (AvgIpc) is 4.09. The molecule has 0 aliphatic rings. The van der Waals surface area contributed by atoms with Crippen LogP contribution in [0.15, 0.2) is 125 Å². The molecule has 0 aliphatic heterocycles. The second kappa shape index (κ2) is 21.9. The first kappa shape index (κ1) is 48.4. The molecule has 0 bridgehead atoms. The van der Waals surface area contributed by atoms with E-state index in [0.29, 0.717) is 50.3 Å². The number of methoxy groups -OCH3 is 1. The molecule has 7 aromatic rings. The van der Waals surface area contributed by atoms with E-state index in [2.05, 4.69) is 20.9 Å². The smallest absolute Gasteiger partial charge is 0.418 e. The number of carbonyl (C=O) groups is 5. The number of rotatable bonds is 18. The monoisotopic (exact) mass is 960 g/mol. The number of nitrogens with one attached hydrogen (secondary N) is 3. The molecule has 17 nitrogen and oxygen atoms in total. The Hall–Kier alpha value is -7.51. The number of thiophene rings is 1. The zero-order valence-electron chi connectivity index (χ0n) is 37.5. The van der Waals surface area contributed by atoms with E-state index in [0.717, 1.165) is 10.4 Å². The van der Waals surface area contributed by atoms with E-state index in [4.69, 9.17) is 18.6 Å². The topological polar surface area (TPSA) is 223 Å². The van der Waals surface area contributed by atoms with E-state index in [1.165, 1.54) is 65.2 Å². The molecule has 4 aromatic carbocycles. The molecule has 3 aromatic heterocycles. The van der Waals surface area contributed by atoms with Crippen molar-refractivity contribution in [2.24, 2.45) is 0 Å². The summed E-state index contributed by atoms with van der Waals surface area (Å²) in [6.07, 6.45) is -0.229. The van der Waals surface area contributed by atoms with Gasteiger partial charge in [-0.25, -0.2) is 19.4 Å². The number of esters is 1. The van der Waals surface area contributed by atoms with Crippen LogP contribution in [0.5, 0.6) is 0 Å². The number of aromatic nitrogens is 2. The number of non-ortho nitro benzene ring substituents is 1. The number of ether oxygens (including phenoxy) is 3. The van der Waals surface area contributed by atoms with Crippen LogP contribution in [0.4, 0.5) is 15.3 Å². The maximum Gasteiger partial charge on any atom is 0.418 e. The van der Waals surface area contributed by atoms with Gasteiger partial charge >= 0.3 is 18.2 Å². The van der Waals surface area contributed by atoms with Gasteiger partial charge in [-0.15, -0.1) is 11.3 Å². The van der Waals surface area contributed by atoms with Gasteiger partial charge in [-0.1, -0.05) is 60.7 Å². The number of fused-ring (bicyclic) bond motifs is 2. The highest BCUT2D eigenvalue weighted by Gasteiger charge is 2.32. The van der Waals surface area contributed by atoms with Crippen molar-refractivity contribution >= 4 is 80.8 Å². The number of hydrogen-bond donors (Lipinski definition) is 3. The Morgan fingerprint density at radius 2 is 1.53 bits per heavy atom. The fourth-order valence-electron chi connectivity index (χ4n) is 7.14. The number of para-hydroxylation sites is 1. The number of carbonyl (C=O) groups excluding carboxylic acids is 5. The molecule has 3 atom stereocenters. The second-order valence-electron chi connectivity index (χ2n) is 16.6. The molecule has 0 aliphatic carbocycles. The lowest BCUT2D eigenvalue weighted by atomic mass is 10.0. The summed E-state index contributed by atoms with van der Waals surface area (Å²) in [6.45, 7) is 4.92. The van der Waals surface area contributed by atoms with Crippen LogP contribution in [0, 0.1) is 10.1 Å². The van der Waals surface area contributed by atoms with Crippen molar-refractivity contribution in [3.05, 3.63) is 153 Å². The van der Waals surface area contributed by atoms with Gasteiger partial charge < -0.3 is 34.6 Å². The number of alkyl carbamates (subject to hydrolysis) is 1. The fourth-order valence-corrected chi connectivity index (χ4v) is 8.81. The molecule has 3 heterocycles. The van der Waals surface area contributed by atoms with Gasteiger partial charge in [0.15, 0.2) is 5.58 Å². The van der Waals surface area contributed by atoms with Crippen molar-refractivity contribution in [1.29, 1.82) is 0 Å². The Morgan fingerprint density at radius 3 is 2.24 bits per heavy atom. The van der Waals surface area contributed by atoms with E-state index < -0.39 is 58.6 Å². The number of nitrogens with zero attached hydrogens (tertiary/aromatic N) is 3. The number of hydrogen-bond acceptors (Lipinski definition) is 14. The molecule has 0 saturated heterocycles. The zero-order chi connectivity index (χ0) is 48.4. The average molecular weight is 961 g/mol. The molecule has 0 spiro atoms. The standard InChI is InChI=1S/C49H48N6O11S2/c1-49(2,3)66-47(59)53-37(24-32-18-21-41-36(23-32)52-45(65-41)42-15-10-22-68-42)43(56)51-39(29-67-28-31-11-6-5-7-12-31)44(57)50-38(46(58)63-4)25-33-26-54(40-14-9-8-13-35(33)40)48(60)64-27-30-16-19-34(20-17-30)55(61)62/h5-23,26,37-39H,24-25,27-29H2,1-4H3,(H,50,57)(H,51,56)(H,53,59)/t37-,38-,39-/m0/s1. The van der Waals surface area contributed by atoms with Crippen molar-refractivity contribution in [2.45, 2.75) is 69.7 Å². The number of thioether (sulfide) groups is 1. The molecule has 19 heteroatoms. The number of amides is 3. The lowest BCUT2D eigenvalue weighted by molar-refractivity contribution is -0.384. The maximum absolute atomic E-state index is 14.4. The van der Waals surface area contributed by atoms with Crippen molar-refractivity contribution in [3.63, 3.8) is 0 Å². The number of nitro groups is 1. The highest BCUT2D eigenvalue weighted by molar-refractivity contribution is 7.98. The Bertz CT molecular complexity index is 2910. The molecular formula is C49H48N6O11S2. The van der Waals surface area contributed by atoms with Crippen LogP contribution in [0.2, 0.25) is 0 Å². The SMILES string of the molecule is COC(=O)[C@H](Cc1cn(C(=O)OCc2ccc([N+](=O)[O-])cc2)c2ccccc12)NC(=O)[C@H](CSCc1ccccc1)NC(=O)[C@H](Cc1ccc2oc(-c3cccs3)nc2c1)NC(=O)OC(C)(C)C. The third-order valence-electron chi connectivity index (χ3n) is 10.4. The minimum absolute atomic E-state index is 0.0150. The Balaban J connectivity index is 1.12. The quantitative estimate of drug-likeness (QED) is 0.0319. The van der Waals surface area contributed by atoms with Crippen LogP contribution in [-0.4, -0.2) is 81.0 Å². The molecule has 3 N–H and O–H groups in total. The highest BCUT2D eigenvalue weighted by Crippen LogP contribution is 2.29. The normalized spacial score (nSPS) is 12.7. The van der Waals surface area contributed by atoms with Crippen molar-refractivity contribution in [2.75, 3.05) is 12.9 Å². The summed E-state index contributed by atoms with van der Waals surface area (Å²) in [6, 6.07) is 27.4. The van der Waals surface area contributed by atoms with E-state index in [1.807, 2.05) is 47.8 Å². The number of nitro benzene ring substituents is 1. The van der Waals surface area contributed by atoms with Gasteiger partial charge in [-0.2, -0.15) is 11.8 Å². The Labute approximate surface area is 398 Å². The minimum atomic E-state index is -1.29. The van der Waals surface area contributed by atoms with Gasteiger partial charge in [-0.05, 0) is 84.8 Å². The number of oxazole rings is 1. The lowest BCUT2D eigenvalue weighted by Crippen LogP contribution is -2.57. The summed E-state index contributed by atoms with van der Waals surface area (Å²) in [7, 11) is 1.18. The molecule has 0 saturated carbocycles. The predicted molar refractivity (Wildman–Crippen MR) is 257 cm³/mol. The van der Waals surface area contributed by atoms with E-state index in [-0.39, 0.29) is 30.9 Å². The van der Waals surface area contributed by atoms with Crippen molar-refractivity contribution in [3.8, 4) is 10.8 Å². The molecule has 0 unspecified atom stereocenters. The van der Waals surface area contributed by atoms with Crippen LogP contribution in [-0.2, 0) is 53.8 Å². The van der Waals surface area contributed by atoms with E-state index >= 15 is 0 Å². The zero-order valence-corrected chi connectivity index (χ0v) is 39.1. The molecule has 68 heavy (non-hydrogen) atoms. The lowest BCUT2D eigenvalue weighted by Gasteiger charge is -2.26. The van der Waals surface area contributed by atoms with Gasteiger partial charge in [0.2, 0.25) is 17.7 Å². The van der Waals surface area contributed by atoms with Gasteiger partial charge in [0, 0.05) is 48.1 Å². The summed E-state index contributed by atoms with van der Waals surface area (Å²) >= 11 is 2.86. The summed E-state index contributed by atoms with van der Waals surface area (Å²) < 4.78 is 23.5. The first-order valence-electron chi connectivity index (χ1n) is 21.4. The Morgan fingerprint density at radius 1 is 0.824 bits per heavy atom. The third kappa shape index (κ3) is 12.7. The number of benzene rings is 4. The van der Waals surface area contributed by atoms with Gasteiger partial charge in [0.25, 0.3) is 5.69 Å². The molecule has 352 valence electrons. The largest absolute Gasteiger partial charge is 0.467 e. The maximum atomic E-state index is 14.4. The van der Waals surface area contributed by atoms with Crippen molar-refractivity contribution in [1.82, 2.24) is 25.5 Å². The molecule has 0 radical (unpaired) electrons. The Kier molecular flexibility index (Phi) is 15.6. The minimum Gasteiger partial charge on any atom is -0.467 e. The first-order valence-corrected chi connectivity index (χ1v) is 23.4. The van der Waals surface area contributed by atoms with Crippen LogP contribution in [0.25, 0.3) is 32.8 Å². The van der Waals surface area contributed by atoms with Gasteiger partial charge in [-0.3, -0.25) is 24.3 Å². The van der Waals surface area contributed by atoms with Gasteiger partial charge in [0.05, 0.1) is 22.4 Å². The predicted octanol–water partition coefficient (Wildman–Crippen LogP) is 8.36. The molecule has 0 fully saturated rings. The molecule has 3 amide bonds. The van der Waals surface area contributed by atoms with Crippen LogP contribution < -0.4 is 16.0 Å². The summed E-state index contributed by atoms with van der Waals surface area (Å²) in [5.41, 5.74) is 3.20. The summed E-state index contributed by atoms with van der Waals surface area (Å²) in [5.74, 6) is -1.18. The van der Waals surface area contributed by atoms with Gasteiger partial charge in [0.1, 0.15) is 35.9 Å². The molecule has 7 rings (SSSR count). The summed E-state index contributed by atoms with van der Waals surface area (Å²) in [4.78, 5) is 85.1. The van der Waals surface area contributed by atoms with Crippen LogP contribution in [0.3, 0.4) is 0 Å². The van der Waals surface area contributed by atoms with Crippen LogP contribution in [0.1, 0.15) is 43.0 Å². The van der Waals surface area contributed by atoms with Crippen molar-refractivity contribution < 1.29 is 47.5 Å². The third-order valence-corrected chi connectivity index (χ3v) is 12.4. The molecular weight excluding hydrogens is 913 g/mol.